The van der Waals surface area contributed by atoms with E-state index in [9.17, 15) is 14.9 Å². The molecular formula is C14H18N4O3. The zero-order chi connectivity index (χ0) is 15.7. The van der Waals surface area contributed by atoms with Crippen LogP contribution < -0.4 is 11.1 Å². The molecule has 0 atom stereocenters. The molecule has 0 aliphatic heterocycles. The van der Waals surface area contributed by atoms with E-state index in [1.165, 1.54) is 12.1 Å². The highest BCUT2D eigenvalue weighted by atomic mass is 16.6. The van der Waals surface area contributed by atoms with Gasteiger partial charge in [-0.3, -0.25) is 14.9 Å². The summed E-state index contributed by atoms with van der Waals surface area (Å²) in [6, 6.07) is 5.64. The number of nitro benzene ring substituents is 1. The Hall–Kier alpha value is -2.46. The molecule has 21 heavy (non-hydrogen) atoms. The van der Waals surface area contributed by atoms with Crippen molar-refractivity contribution in [2.75, 3.05) is 11.9 Å². The van der Waals surface area contributed by atoms with Crippen LogP contribution in [0.25, 0.3) is 0 Å². The van der Waals surface area contributed by atoms with E-state index < -0.39 is 4.92 Å². The van der Waals surface area contributed by atoms with E-state index in [1.807, 2.05) is 6.07 Å². The maximum atomic E-state index is 11.8. The molecule has 0 bridgehead atoms. The minimum Gasteiger partial charge on any atom is -0.330 e. The summed E-state index contributed by atoms with van der Waals surface area (Å²) >= 11 is 0. The smallest absolute Gasteiger partial charge is 0.270 e. The van der Waals surface area contributed by atoms with Gasteiger partial charge in [0.25, 0.3) is 5.69 Å². The predicted octanol–water partition coefficient (Wildman–Crippen LogP) is 2.31. The lowest BCUT2D eigenvalue weighted by molar-refractivity contribution is -0.384. The number of non-ortho nitro benzene ring substituents is 1. The standard InChI is InChI=1S/C14H18N4O3/c15-8-4-2-1-3-5-14(19)17-13-7-6-12(18(20)21)9-11(13)10-16/h6-7,9H,1-5,8,15H2,(H,17,19). The second-order valence-corrected chi connectivity index (χ2v) is 4.60. The number of rotatable bonds is 8. The summed E-state index contributed by atoms with van der Waals surface area (Å²) in [4.78, 5) is 21.8. The number of nitrogens with two attached hydrogens (primary N) is 1. The Morgan fingerprint density at radius 1 is 1.33 bits per heavy atom. The lowest BCUT2D eigenvalue weighted by Gasteiger charge is -2.07. The molecule has 0 fully saturated rings. The normalized spacial score (nSPS) is 9.90. The highest BCUT2D eigenvalue weighted by Gasteiger charge is 2.12. The van der Waals surface area contributed by atoms with Gasteiger partial charge < -0.3 is 11.1 Å². The van der Waals surface area contributed by atoms with Crippen molar-refractivity contribution in [1.82, 2.24) is 0 Å². The first-order valence-electron chi connectivity index (χ1n) is 6.77. The Kier molecular flexibility index (Phi) is 6.84. The van der Waals surface area contributed by atoms with Crippen LogP contribution >= 0.6 is 0 Å². The van der Waals surface area contributed by atoms with Gasteiger partial charge in [-0.15, -0.1) is 0 Å². The minimum absolute atomic E-state index is 0.0840. The minimum atomic E-state index is -0.579. The first-order valence-corrected chi connectivity index (χ1v) is 6.77. The van der Waals surface area contributed by atoms with Gasteiger partial charge in [0.15, 0.2) is 0 Å². The number of hydrogen-bond donors (Lipinski definition) is 2. The molecule has 1 aromatic rings. The number of nitro groups is 1. The summed E-state index contributed by atoms with van der Waals surface area (Å²) in [5.41, 5.74) is 5.59. The number of unbranched alkanes of at least 4 members (excludes halogenated alkanes) is 3. The molecular weight excluding hydrogens is 272 g/mol. The Bertz CT molecular complexity index is 552. The number of nitrogens with zero attached hydrogens (tertiary/aromatic N) is 2. The van der Waals surface area contributed by atoms with Gasteiger partial charge in [-0.25, -0.2) is 0 Å². The van der Waals surface area contributed by atoms with E-state index in [0.29, 0.717) is 18.7 Å². The van der Waals surface area contributed by atoms with E-state index >= 15 is 0 Å². The Balaban J connectivity index is 2.56. The van der Waals surface area contributed by atoms with Crippen LogP contribution in [-0.4, -0.2) is 17.4 Å². The number of nitrogens with one attached hydrogen (secondary N) is 1. The average molecular weight is 290 g/mol. The topological polar surface area (TPSA) is 122 Å². The maximum absolute atomic E-state index is 11.8. The fraction of sp³-hybridized carbons (Fsp3) is 0.429. The number of anilines is 1. The van der Waals surface area contributed by atoms with E-state index in [4.69, 9.17) is 11.0 Å². The Morgan fingerprint density at radius 2 is 2.05 bits per heavy atom. The number of nitriles is 1. The summed E-state index contributed by atoms with van der Waals surface area (Å²) in [5.74, 6) is -0.201. The molecule has 0 aromatic heterocycles. The quantitative estimate of drug-likeness (QED) is 0.432. The number of carbonyl (C=O) groups is 1. The van der Waals surface area contributed by atoms with Gasteiger partial charge >= 0.3 is 0 Å². The number of carbonyl (C=O) groups excluding carboxylic acids is 1. The van der Waals surface area contributed by atoms with E-state index in [2.05, 4.69) is 5.32 Å². The molecule has 0 radical (unpaired) electrons. The van der Waals surface area contributed by atoms with Gasteiger partial charge in [-0.2, -0.15) is 5.26 Å². The molecule has 0 spiro atoms. The molecule has 0 saturated heterocycles. The molecule has 0 heterocycles. The molecule has 1 aromatic carbocycles. The monoisotopic (exact) mass is 290 g/mol. The molecule has 1 rings (SSSR count). The third-order valence-corrected chi connectivity index (χ3v) is 2.97. The van der Waals surface area contributed by atoms with Crippen LogP contribution in [0.15, 0.2) is 18.2 Å². The number of amides is 1. The molecule has 7 heteroatoms. The van der Waals surface area contributed by atoms with Crippen LogP contribution in [0.3, 0.4) is 0 Å². The van der Waals surface area contributed by atoms with E-state index in [1.54, 1.807) is 0 Å². The average Bonchev–Trinajstić information content (AvgIpc) is 2.47. The molecule has 112 valence electrons. The third kappa shape index (κ3) is 5.58. The highest BCUT2D eigenvalue weighted by molar-refractivity contribution is 5.92. The second-order valence-electron chi connectivity index (χ2n) is 4.60. The van der Waals surface area contributed by atoms with Gasteiger partial charge in [-0.1, -0.05) is 12.8 Å². The first kappa shape index (κ1) is 16.6. The Morgan fingerprint density at radius 3 is 2.67 bits per heavy atom. The van der Waals surface area contributed by atoms with Gasteiger partial charge in [-0.05, 0) is 25.5 Å². The molecule has 3 N–H and O–H groups in total. The Labute approximate surface area is 122 Å². The van der Waals surface area contributed by atoms with Gasteiger partial charge in [0.05, 0.1) is 16.2 Å². The van der Waals surface area contributed by atoms with Gasteiger partial charge in [0, 0.05) is 18.6 Å². The van der Waals surface area contributed by atoms with Gasteiger partial charge in [0.2, 0.25) is 5.91 Å². The molecule has 1 amide bonds. The van der Waals surface area contributed by atoms with E-state index in [-0.39, 0.29) is 17.2 Å². The van der Waals surface area contributed by atoms with Crippen molar-refractivity contribution in [2.45, 2.75) is 32.1 Å². The van der Waals surface area contributed by atoms with Crippen LogP contribution in [0.5, 0.6) is 0 Å². The van der Waals surface area contributed by atoms with Crippen molar-refractivity contribution in [3.05, 3.63) is 33.9 Å². The fourth-order valence-electron chi connectivity index (χ4n) is 1.84. The van der Waals surface area contributed by atoms with Crippen molar-refractivity contribution >= 4 is 17.3 Å². The first-order chi connectivity index (χ1) is 10.1. The van der Waals surface area contributed by atoms with Crippen molar-refractivity contribution in [3.8, 4) is 6.07 Å². The largest absolute Gasteiger partial charge is 0.330 e. The van der Waals surface area contributed by atoms with Gasteiger partial charge in [0.1, 0.15) is 6.07 Å². The van der Waals surface area contributed by atoms with Crippen LogP contribution in [0, 0.1) is 21.4 Å². The third-order valence-electron chi connectivity index (χ3n) is 2.97. The van der Waals surface area contributed by atoms with Crippen molar-refractivity contribution in [3.63, 3.8) is 0 Å². The number of hydrogen-bond acceptors (Lipinski definition) is 5. The molecule has 7 nitrogen and oxygen atoms in total. The van der Waals surface area contributed by atoms with Crippen LogP contribution in [0.1, 0.15) is 37.7 Å². The summed E-state index contributed by atoms with van der Waals surface area (Å²) in [6.07, 6.45) is 3.97. The van der Waals surface area contributed by atoms with Crippen molar-refractivity contribution in [1.29, 1.82) is 5.26 Å². The molecule has 0 aliphatic carbocycles. The SMILES string of the molecule is N#Cc1cc([N+](=O)[O-])ccc1NC(=O)CCCCCCN. The van der Waals surface area contributed by atoms with Crippen molar-refractivity contribution in [2.24, 2.45) is 5.73 Å². The summed E-state index contributed by atoms with van der Waals surface area (Å²) in [7, 11) is 0. The van der Waals surface area contributed by atoms with Crippen LogP contribution in [0.2, 0.25) is 0 Å². The van der Waals surface area contributed by atoms with E-state index in [0.717, 1.165) is 31.7 Å². The molecule has 0 saturated carbocycles. The zero-order valence-electron chi connectivity index (χ0n) is 11.7. The van der Waals surface area contributed by atoms with Crippen LogP contribution in [-0.2, 0) is 4.79 Å². The van der Waals surface area contributed by atoms with Crippen LogP contribution in [0.4, 0.5) is 11.4 Å². The lowest BCUT2D eigenvalue weighted by Crippen LogP contribution is -2.12. The summed E-state index contributed by atoms with van der Waals surface area (Å²) in [6.45, 7) is 0.653. The van der Waals surface area contributed by atoms with Crippen molar-refractivity contribution < 1.29 is 9.72 Å². The predicted molar refractivity (Wildman–Crippen MR) is 78.6 cm³/mol. The number of benzene rings is 1. The fourth-order valence-corrected chi connectivity index (χ4v) is 1.84. The molecule has 0 unspecified atom stereocenters. The summed E-state index contributed by atoms with van der Waals surface area (Å²) in [5, 5.41) is 22.2. The molecule has 0 aliphatic rings. The maximum Gasteiger partial charge on any atom is 0.270 e. The second kappa shape index (κ2) is 8.66. The highest BCUT2D eigenvalue weighted by Crippen LogP contribution is 2.21. The lowest BCUT2D eigenvalue weighted by atomic mass is 10.1. The zero-order valence-corrected chi connectivity index (χ0v) is 11.7. The summed E-state index contributed by atoms with van der Waals surface area (Å²) < 4.78 is 0.